The minimum Gasteiger partial charge on any atom is -0.389 e. The second-order valence-corrected chi connectivity index (χ2v) is 5.31. The van der Waals surface area contributed by atoms with Crippen molar-refractivity contribution in [2.75, 3.05) is 18.0 Å². The molecule has 0 saturated carbocycles. The molecule has 0 heterocycles. The average molecular weight is 311 g/mol. The highest BCUT2D eigenvalue weighted by molar-refractivity contribution is 9.10. The highest BCUT2D eigenvalue weighted by Gasteiger charge is 2.13. The summed E-state index contributed by atoms with van der Waals surface area (Å²) in [5, 5.41) is 18.4. The zero-order valence-electron chi connectivity index (χ0n) is 11.0. The summed E-state index contributed by atoms with van der Waals surface area (Å²) in [5.41, 5.74) is 1.94. The van der Waals surface area contributed by atoms with Crippen LogP contribution in [-0.4, -0.2) is 18.2 Å². The van der Waals surface area contributed by atoms with Gasteiger partial charge in [0.25, 0.3) is 0 Å². The van der Waals surface area contributed by atoms with Gasteiger partial charge in [0.2, 0.25) is 0 Å². The highest BCUT2D eigenvalue weighted by Crippen LogP contribution is 2.29. The number of anilines is 1. The molecule has 0 spiro atoms. The van der Waals surface area contributed by atoms with Gasteiger partial charge in [-0.15, -0.1) is 0 Å². The van der Waals surface area contributed by atoms with Gasteiger partial charge in [-0.3, -0.25) is 0 Å². The van der Waals surface area contributed by atoms with Gasteiger partial charge < -0.3 is 10.0 Å². The molecule has 0 saturated heterocycles. The SMILES string of the molecule is CCN(CC(C)C#N)c1ccc([C@H](C)O)cc1Br. The summed E-state index contributed by atoms with van der Waals surface area (Å²) < 4.78 is 0.952. The molecule has 0 amide bonds. The largest absolute Gasteiger partial charge is 0.389 e. The van der Waals surface area contributed by atoms with Crippen molar-refractivity contribution < 1.29 is 5.11 Å². The molecule has 1 aromatic rings. The lowest BCUT2D eigenvalue weighted by molar-refractivity contribution is 0.199. The van der Waals surface area contributed by atoms with Crippen LogP contribution in [0.15, 0.2) is 22.7 Å². The van der Waals surface area contributed by atoms with Crippen LogP contribution >= 0.6 is 15.9 Å². The Bertz CT molecular complexity index is 440. The van der Waals surface area contributed by atoms with Gasteiger partial charge in [0.05, 0.1) is 23.8 Å². The van der Waals surface area contributed by atoms with Crippen LogP contribution in [0, 0.1) is 17.2 Å². The van der Waals surface area contributed by atoms with Crippen molar-refractivity contribution in [3.05, 3.63) is 28.2 Å². The number of hydrogen-bond donors (Lipinski definition) is 1. The van der Waals surface area contributed by atoms with E-state index < -0.39 is 6.10 Å². The number of halogens is 1. The van der Waals surface area contributed by atoms with Gasteiger partial charge >= 0.3 is 0 Å². The Morgan fingerprint density at radius 2 is 2.11 bits per heavy atom. The number of nitrogens with zero attached hydrogens (tertiary/aromatic N) is 2. The topological polar surface area (TPSA) is 47.3 Å². The molecule has 1 aromatic carbocycles. The molecule has 1 rings (SSSR count). The van der Waals surface area contributed by atoms with Crippen molar-refractivity contribution in [1.82, 2.24) is 0 Å². The molecule has 2 atom stereocenters. The maximum atomic E-state index is 9.54. The Hall–Kier alpha value is -1.05. The van der Waals surface area contributed by atoms with E-state index in [2.05, 4.69) is 33.8 Å². The summed E-state index contributed by atoms with van der Waals surface area (Å²) in [6.45, 7) is 7.29. The van der Waals surface area contributed by atoms with Gasteiger partial charge in [0.15, 0.2) is 0 Å². The van der Waals surface area contributed by atoms with Gasteiger partial charge in [0, 0.05) is 17.6 Å². The van der Waals surface area contributed by atoms with Crippen molar-refractivity contribution in [3.8, 4) is 6.07 Å². The molecule has 0 fully saturated rings. The van der Waals surface area contributed by atoms with Crippen LogP contribution in [0.5, 0.6) is 0 Å². The first-order valence-electron chi connectivity index (χ1n) is 6.11. The standard InChI is InChI=1S/C14H19BrN2O/c1-4-17(9-10(2)8-16)14-6-5-12(11(3)18)7-13(14)15/h5-7,10-11,18H,4,9H2,1-3H3/t10?,11-/m0/s1. The predicted molar refractivity (Wildman–Crippen MR) is 77.4 cm³/mol. The Balaban J connectivity index is 2.97. The van der Waals surface area contributed by atoms with Gasteiger partial charge in [-0.1, -0.05) is 6.07 Å². The zero-order chi connectivity index (χ0) is 13.7. The number of hydrogen-bond acceptors (Lipinski definition) is 3. The van der Waals surface area contributed by atoms with Crippen LogP contribution in [0.2, 0.25) is 0 Å². The van der Waals surface area contributed by atoms with Crippen LogP contribution in [0.25, 0.3) is 0 Å². The quantitative estimate of drug-likeness (QED) is 0.905. The minimum absolute atomic E-state index is 0.00621. The second-order valence-electron chi connectivity index (χ2n) is 4.46. The molecular formula is C14H19BrN2O. The average Bonchev–Trinajstić information content (AvgIpc) is 2.35. The third-order valence-corrected chi connectivity index (χ3v) is 3.53. The van der Waals surface area contributed by atoms with E-state index in [-0.39, 0.29) is 5.92 Å². The lowest BCUT2D eigenvalue weighted by Gasteiger charge is -2.26. The first kappa shape index (κ1) is 15.0. The second kappa shape index (κ2) is 6.77. The van der Waals surface area contributed by atoms with E-state index in [0.29, 0.717) is 6.54 Å². The van der Waals surface area contributed by atoms with Crippen LogP contribution in [0.3, 0.4) is 0 Å². The van der Waals surface area contributed by atoms with Crippen molar-refractivity contribution in [3.63, 3.8) is 0 Å². The first-order chi connectivity index (χ1) is 8.49. The maximum Gasteiger partial charge on any atom is 0.0762 e. The predicted octanol–water partition coefficient (Wildman–Crippen LogP) is 3.49. The van der Waals surface area contributed by atoms with Crippen molar-refractivity contribution in [2.45, 2.75) is 26.9 Å². The Labute approximate surface area is 117 Å². The number of aliphatic hydroxyl groups is 1. The summed E-state index contributed by atoms with van der Waals surface area (Å²) >= 11 is 3.53. The number of benzene rings is 1. The summed E-state index contributed by atoms with van der Waals surface area (Å²) in [6, 6.07) is 8.09. The molecule has 18 heavy (non-hydrogen) atoms. The smallest absolute Gasteiger partial charge is 0.0762 e. The number of nitriles is 1. The van der Waals surface area contributed by atoms with Crippen LogP contribution in [0.1, 0.15) is 32.4 Å². The lowest BCUT2D eigenvalue weighted by atomic mass is 10.1. The van der Waals surface area contributed by atoms with Crippen LogP contribution in [-0.2, 0) is 0 Å². The molecule has 1 N–H and O–H groups in total. The third kappa shape index (κ3) is 3.72. The molecule has 0 aliphatic rings. The minimum atomic E-state index is -0.469. The Morgan fingerprint density at radius 3 is 2.56 bits per heavy atom. The van der Waals surface area contributed by atoms with E-state index in [4.69, 9.17) is 5.26 Å². The molecule has 4 heteroatoms. The number of rotatable bonds is 5. The third-order valence-electron chi connectivity index (χ3n) is 2.89. The first-order valence-corrected chi connectivity index (χ1v) is 6.91. The monoisotopic (exact) mass is 310 g/mol. The van der Waals surface area contributed by atoms with Gasteiger partial charge in [-0.25, -0.2) is 0 Å². The zero-order valence-corrected chi connectivity index (χ0v) is 12.6. The number of aliphatic hydroxyl groups excluding tert-OH is 1. The van der Waals surface area contributed by atoms with Gasteiger partial charge in [-0.05, 0) is 54.4 Å². The van der Waals surface area contributed by atoms with Crippen molar-refractivity contribution >= 4 is 21.6 Å². The normalized spacial score (nSPS) is 13.8. The molecule has 0 aliphatic carbocycles. The molecule has 0 bridgehead atoms. The summed E-state index contributed by atoms with van der Waals surface area (Å²) in [6.07, 6.45) is -0.469. The highest BCUT2D eigenvalue weighted by atomic mass is 79.9. The van der Waals surface area contributed by atoms with Crippen molar-refractivity contribution in [1.29, 1.82) is 5.26 Å². The Kier molecular flexibility index (Phi) is 5.64. The van der Waals surface area contributed by atoms with E-state index in [1.54, 1.807) is 6.92 Å². The molecule has 3 nitrogen and oxygen atoms in total. The van der Waals surface area contributed by atoms with E-state index in [9.17, 15) is 5.11 Å². The van der Waals surface area contributed by atoms with Crippen molar-refractivity contribution in [2.24, 2.45) is 5.92 Å². The maximum absolute atomic E-state index is 9.54. The Morgan fingerprint density at radius 1 is 1.44 bits per heavy atom. The van der Waals surface area contributed by atoms with E-state index >= 15 is 0 Å². The molecule has 98 valence electrons. The summed E-state index contributed by atoms with van der Waals surface area (Å²) in [7, 11) is 0. The van der Waals surface area contributed by atoms with E-state index in [0.717, 1.165) is 22.3 Å². The summed E-state index contributed by atoms with van der Waals surface area (Å²) in [5.74, 6) is -0.00621. The van der Waals surface area contributed by atoms with Crippen LogP contribution < -0.4 is 4.90 Å². The molecule has 0 aliphatic heterocycles. The van der Waals surface area contributed by atoms with Gasteiger partial charge in [-0.2, -0.15) is 5.26 Å². The fourth-order valence-electron chi connectivity index (χ4n) is 1.81. The fourth-order valence-corrected chi connectivity index (χ4v) is 2.46. The van der Waals surface area contributed by atoms with Gasteiger partial charge in [0.1, 0.15) is 0 Å². The molecule has 0 radical (unpaired) electrons. The molecule has 0 aromatic heterocycles. The van der Waals surface area contributed by atoms with Crippen LogP contribution in [0.4, 0.5) is 5.69 Å². The fraction of sp³-hybridized carbons (Fsp3) is 0.500. The lowest BCUT2D eigenvalue weighted by Crippen LogP contribution is -2.28. The van der Waals surface area contributed by atoms with E-state index in [1.165, 1.54) is 0 Å². The summed E-state index contributed by atoms with van der Waals surface area (Å²) in [4.78, 5) is 2.16. The van der Waals surface area contributed by atoms with E-state index in [1.807, 2.05) is 25.1 Å². The molecule has 1 unspecified atom stereocenters. The molecular weight excluding hydrogens is 292 g/mol.